The van der Waals surface area contributed by atoms with Crippen LogP contribution in [0.4, 0.5) is 4.79 Å². The van der Waals surface area contributed by atoms with E-state index in [1.807, 2.05) is 39.0 Å². The van der Waals surface area contributed by atoms with Crippen molar-refractivity contribution in [3.05, 3.63) is 34.9 Å². The minimum absolute atomic E-state index is 0.188. The Morgan fingerprint density at radius 3 is 2.50 bits per heavy atom. The molecular weight excluding hydrogens is 224 g/mol. The molecule has 0 unspecified atom stereocenters. The molecule has 16 heavy (non-hydrogen) atoms. The predicted molar refractivity (Wildman–Crippen MR) is 66.6 cm³/mol. The van der Waals surface area contributed by atoms with Crippen LogP contribution in [-0.4, -0.2) is 11.6 Å². The fourth-order valence-electron chi connectivity index (χ4n) is 1.20. The molecule has 0 aliphatic carbocycles. The minimum atomic E-state index is -0.232. The number of rotatable bonds is 2. The SMILES string of the molecule is CC(C)(C)NC(=O)NCc1ccccc1Cl. The van der Waals surface area contributed by atoms with Gasteiger partial charge in [-0.2, -0.15) is 0 Å². The highest BCUT2D eigenvalue weighted by molar-refractivity contribution is 6.31. The van der Waals surface area contributed by atoms with Gasteiger partial charge in [-0.1, -0.05) is 29.8 Å². The second-order valence-corrected chi connectivity index (χ2v) is 5.06. The van der Waals surface area contributed by atoms with Crippen molar-refractivity contribution in [3.63, 3.8) is 0 Å². The maximum Gasteiger partial charge on any atom is 0.315 e. The highest BCUT2D eigenvalue weighted by Gasteiger charge is 2.13. The van der Waals surface area contributed by atoms with Crippen molar-refractivity contribution in [1.82, 2.24) is 10.6 Å². The van der Waals surface area contributed by atoms with Crippen molar-refractivity contribution < 1.29 is 4.79 Å². The molecule has 4 heteroatoms. The molecule has 0 saturated heterocycles. The smallest absolute Gasteiger partial charge is 0.315 e. The lowest BCUT2D eigenvalue weighted by atomic mass is 10.1. The summed E-state index contributed by atoms with van der Waals surface area (Å²) in [7, 11) is 0. The standard InChI is InChI=1S/C12H17ClN2O/c1-12(2,3)15-11(16)14-8-9-6-4-5-7-10(9)13/h4-7H,8H2,1-3H3,(H2,14,15,16). The van der Waals surface area contributed by atoms with Crippen LogP contribution in [-0.2, 0) is 6.54 Å². The van der Waals surface area contributed by atoms with E-state index in [2.05, 4.69) is 10.6 Å². The van der Waals surface area contributed by atoms with Gasteiger partial charge in [-0.05, 0) is 32.4 Å². The zero-order valence-electron chi connectivity index (χ0n) is 9.80. The summed E-state index contributed by atoms with van der Waals surface area (Å²) >= 11 is 5.97. The van der Waals surface area contributed by atoms with E-state index in [1.54, 1.807) is 6.07 Å². The van der Waals surface area contributed by atoms with Gasteiger partial charge in [0.25, 0.3) is 0 Å². The Bertz CT molecular complexity index is 372. The van der Waals surface area contributed by atoms with Gasteiger partial charge in [0.05, 0.1) is 0 Å². The van der Waals surface area contributed by atoms with Crippen molar-refractivity contribution in [2.75, 3.05) is 0 Å². The third-order valence-electron chi connectivity index (χ3n) is 1.89. The number of hydrogen-bond acceptors (Lipinski definition) is 1. The summed E-state index contributed by atoms with van der Waals surface area (Å²) in [5, 5.41) is 6.24. The molecule has 3 nitrogen and oxygen atoms in total. The Morgan fingerprint density at radius 2 is 1.94 bits per heavy atom. The van der Waals surface area contributed by atoms with E-state index < -0.39 is 0 Å². The second kappa shape index (κ2) is 5.21. The summed E-state index contributed by atoms with van der Waals surface area (Å²) in [6.45, 7) is 6.23. The van der Waals surface area contributed by atoms with Gasteiger partial charge in [0.1, 0.15) is 0 Å². The van der Waals surface area contributed by atoms with Crippen LogP contribution >= 0.6 is 11.6 Å². The van der Waals surface area contributed by atoms with Crippen LogP contribution in [0.2, 0.25) is 5.02 Å². The number of amides is 2. The fourth-order valence-corrected chi connectivity index (χ4v) is 1.40. The summed E-state index contributed by atoms with van der Waals surface area (Å²) in [6, 6.07) is 7.26. The normalized spacial score (nSPS) is 11.0. The topological polar surface area (TPSA) is 41.1 Å². The van der Waals surface area contributed by atoms with Crippen LogP contribution in [0.15, 0.2) is 24.3 Å². The molecule has 2 amide bonds. The van der Waals surface area contributed by atoms with Crippen molar-refractivity contribution >= 4 is 17.6 Å². The molecule has 0 aliphatic heterocycles. The van der Waals surface area contributed by atoms with Crippen LogP contribution in [0.25, 0.3) is 0 Å². The Morgan fingerprint density at radius 1 is 1.31 bits per heavy atom. The number of urea groups is 1. The summed E-state index contributed by atoms with van der Waals surface area (Å²) in [5.74, 6) is 0. The lowest BCUT2D eigenvalue weighted by molar-refractivity contribution is 0.231. The van der Waals surface area contributed by atoms with Gasteiger partial charge in [-0.3, -0.25) is 0 Å². The summed E-state index contributed by atoms with van der Waals surface area (Å²) in [4.78, 5) is 11.5. The van der Waals surface area contributed by atoms with E-state index >= 15 is 0 Å². The van der Waals surface area contributed by atoms with E-state index in [0.29, 0.717) is 11.6 Å². The van der Waals surface area contributed by atoms with E-state index in [0.717, 1.165) is 5.56 Å². The van der Waals surface area contributed by atoms with E-state index in [-0.39, 0.29) is 11.6 Å². The Hall–Kier alpha value is -1.22. The molecule has 1 rings (SSSR count). The first kappa shape index (κ1) is 12.8. The van der Waals surface area contributed by atoms with E-state index in [9.17, 15) is 4.79 Å². The third kappa shape index (κ3) is 4.53. The molecule has 0 saturated carbocycles. The van der Waals surface area contributed by atoms with Crippen molar-refractivity contribution in [2.45, 2.75) is 32.9 Å². The Labute approximate surface area is 101 Å². The molecule has 0 atom stereocenters. The van der Waals surface area contributed by atoms with E-state index in [4.69, 9.17) is 11.6 Å². The maximum absolute atomic E-state index is 11.5. The monoisotopic (exact) mass is 240 g/mol. The molecule has 0 spiro atoms. The Kier molecular flexibility index (Phi) is 4.19. The van der Waals surface area contributed by atoms with Gasteiger partial charge in [0.15, 0.2) is 0 Å². The molecule has 0 aromatic heterocycles. The lowest BCUT2D eigenvalue weighted by Crippen LogP contribution is -2.46. The summed E-state index contributed by atoms with van der Waals surface area (Å²) < 4.78 is 0. The molecule has 0 bridgehead atoms. The van der Waals surface area contributed by atoms with Gasteiger partial charge in [-0.15, -0.1) is 0 Å². The number of benzene rings is 1. The molecular formula is C12H17ClN2O. The van der Waals surface area contributed by atoms with Gasteiger partial charge in [-0.25, -0.2) is 4.79 Å². The zero-order valence-corrected chi connectivity index (χ0v) is 10.6. The third-order valence-corrected chi connectivity index (χ3v) is 2.25. The van der Waals surface area contributed by atoms with Crippen LogP contribution in [0.3, 0.4) is 0 Å². The number of carbonyl (C=O) groups excluding carboxylic acids is 1. The van der Waals surface area contributed by atoms with Crippen LogP contribution in [0.5, 0.6) is 0 Å². The molecule has 0 heterocycles. The van der Waals surface area contributed by atoms with Crippen molar-refractivity contribution in [3.8, 4) is 0 Å². The number of hydrogen-bond donors (Lipinski definition) is 2. The lowest BCUT2D eigenvalue weighted by Gasteiger charge is -2.20. The quantitative estimate of drug-likeness (QED) is 0.820. The first-order valence-electron chi connectivity index (χ1n) is 5.18. The molecule has 88 valence electrons. The summed E-state index contributed by atoms with van der Waals surface area (Å²) in [6.07, 6.45) is 0. The average Bonchev–Trinajstić information content (AvgIpc) is 2.14. The minimum Gasteiger partial charge on any atom is -0.334 e. The molecule has 0 radical (unpaired) electrons. The zero-order chi connectivity index (χ0) is 12.2. The van der Waals surface area contributed by atoms with E-state index in [1.165, 1.54) is 0 Å². The molecule has 1 aromatic rings. The van der Waals surface area contributed by atoms with Crippen molar-refractivity contribution in [2.24, 2.45) is 0 Å². The predicted octanol–water partition coefficient (Wildman–Crippen LogP) is 2.94. The number of nitrogens with one attached hydrogen (secondary N) is 2. The first-order chi connectivity index (χ1) is 7.38. The largest absolute Gasteiger partial charge is 0.334 e. The first-order valence-corrected chi connectivity index (χ1v) is 5.56. The van der Waals surface area contributed by atoms with Gasteiger partial charge in [0.2, 0.25) is 0 Å². The number of halogens is 1. The average molecular weight is 241 g/mol. The fraction of sp³-hybridized carbons (Fsp3) is 0.417. The van der Waals surface area contributed by atoms with Gasteiger partial charge >= 0.3 is 6.03 Å². The Balaban J connectivity index is 2.47. The molecule has 2 N–H and O–H groups in total. The maximum atomic E-state index is 11.5. The molecule has 1 aromatic carbocycles. The van der Waals surface area contributed by atoms with Gasteiger partial charge < -0.3 is 10.6 Å². The van der Waals surface area contributed by atoms with Crippen molar-refractivity contribution in [1.29, 1.82) is 0 Å². The van der Waals surface area contributed by atoms with Crippen LogP contribution in [0, 0.1) is 0 Å². The highest BCUT2D eigenvalue weighted by Crippen LogP contribution is 2.14. The highest BCUT2D eigenvalue weighted by atomic mass is 35.5. The van der Waals surface area contributed by atoms with Crippen LogP contribution < -0.4 is 10.6 Å². The molecule has 0 fully saturated rings. The second-order valence-electron chi connectivity index (χ2n) is 4.65. The summed E-state index contributed by atoms with van der Waals surface area (Å²) in [5.41, 5.74) is 0.679. The van der Waals surface area contributed by atoms with Crippen LogP contribution in [0.1, 0.15) is 26.3 Å². The molecule has 0 aliphatic rings. The van der Waals surface area contributed by atoms with Gasteiger partial charge in [0, 0.05) is 17.1 Å². The number of carbonyl (C=O) groups is 1.